The van der Waals surface area contributed by atoms with E-state index in [1.807, 2.05) is 5.38 Å². The second-order valence-corrected chi connectivity index (χ2v) is 8.45. The van der Waals surface area contributed by atoms with E-state index in [1.54, 1.807) is 0 Å². The molecule has 5 heteroatoms. The van der Waals surface area contributed by atoms with E-state index in [2.05, 4.69) is 53.7 Å². The topological polar surface area (TPSA) is 54.0 Å². The number of hydrogen-bond acceptors (Lipinski definition) is 4. The minimum atomic E-state index is -0.0346. The third-order valence-corrected chi connectivity index (χ3v) is 6.26. The van der Waals surface area contributed by atoms with Crippen LogP contribution in [-0.4, -0.2) is 29.0 Å². The van der Waals surface area contributed by atoms with Crippen LogP contribution < -0.4 is 10.6 Å². The van der Waals surface area contributed by atoms with E-state index in [1.165, 1.54) is 29.7 Å². The zero-order valence-corrected chi connectivity index (χ0v) is 15.6. The van der Waals surface area contributed by atoms with Crippen molar-refractivity contribution in [3.05, 3.63) is 40.9 Å². The summed E-state index contributed by atoms with van der Waals surface area (Å²) in [5.41, 5.74) is 2.94. The first-order chi connectivity index (χ1) is 12.1. The molecular formula is C20H25N3OS. The van der Waals surface area contributed by atoms with Gasteiger partial charge in [-0.25, -0.2) is 4.98 Å². The van der Waals surface area contributed by atoms with Crippen LogP contribution in [0.2, 0.25) is 0 Å². The molecule has 2 aliphatic rings. The van der Waals surface area contributed by atoms with Gasteiger partial charge in [-0.2, -0.15) is 0 Å². The predicted octanol–water partition coefficient (Wildman–Crippen LogP) is 3.95. The first-order valence-corrected chi connectivity index (χ1v) is 10.1. The van der Waals surface area contributed by atoms with Gasteiger partial charge in [0.1, 0.15) is 10.7 Å². The minimum absolute atomic E-state index is 0.0346. The van der Waals surface area contributed by atoms with Crippen molar-refractivity contribution in [2.24, 2.45) is 0 Å². The van der Waals surface area contributed by atoms with Crippen LogP contribution in [0.3, 0.4) is 0 Å². The molecule has 2 aromatic rings. The van der Waals surface area contributed by atoms with Gasteiger partial charge in [0, 0.05) is 29.1 Å². The van der Waals surface area contributed by atoms with E-state index in [9.17, 15) is 4.79 Å². The fraction of sp³-hybridized carbons (Fsp3) is 0.500. The Labute approximate surface area is 153 Å². The molecule has 2 atom stereocenters. The number of piperidine rings is 1. The fourth-order valence-corrected chi connectivity index (χ4v) is 4.76. The summed E-state index contributed by atoms with van der Waals surface area (Å²) in [5.74, 6) is 0.486. The molecule has 3 heterocycles. The number of carbonyl (C=O) groups is 1. The van der Waals surface area contributed by atoms with Crippen LogP contribution in [0.25, 0.3) is 10.6 Å². The molecule has 4 rings (SSSR count). The van der Waals surface area contributed by atoms with Gasteiger partial charge in [0.2, 0.25) is 0 Å². The fourth-order valence-electron chi connectivity index (χ4n) is 3.96. The molecule has 2 aliphatic heterocycles. The first kappa shape index (κ1) is 16.7. The molecule has 25 heavy (non-hydrogen) atoms. The highest BCUT2D eigenvalue weighted by molar-refractivity contribution is 7.13. The van der Waals surface area contributed by atoms with Gasteiger partial charge in [0.05, 0.1) is 0 Å². The molecule has 0 saturated carbocycles. The van der Waals surface area contributed by atoms with Gasteiger partial charge < -0.3 is 10.6 Å². The van der Waals surface area contributed by atoms with Gasteiger partial charge in [-0.3, -0.25) is 4.79 Å². The molecule has 2 N–H and O–H groups in total. The Balaban J connectivity index is 1.42. The molecule has 0 aliphatic carbocycles. The van der Waals surface area contributed by atoms with Gasteiger partial charge in [0.15, 0.2) is 0 Å². The molecule has 132 valence electrons. The van der Waals surface area contributed by atoms with Crippen molar-refractivity contribution in [2.45, 2.75) is 63.6 Å². The smallest absolute Gasteiger partial charge is 0.270 e. The minimum Gasteiger partial charge on any atom is -0.348 e. The van der Waals surface area contributed by atoms with Crippen LogP contribution in [-0.2, 0) is 0 Å². The third kappa shape index (κ3) is 3.62. The summed E-state index contributed by atoms with van der Waals surface area (Å²) in [5, 5.41) is 9.58. The summed E-state index contributed by atoms with van der Waals surface area (Å²) in [6.45, 7) is 4.38. The Morgan fingerprint density at radius 2 is 1.88 bits per heavy atom. The van der Waals surface area contributed by atoms with Crippen LogP contribution in [0, 0.1) is 0 Å². The largest absolute Gasteiger partial charge is 0.348 e. The lowest BCUT2D eigenvalue weighted by molar-refractivity contribution is 0.0919. The van der Waals surface area contributed by atoms with Crippen LogP contribution >= 0.6 is 11.3 Å². The normalized spacial score (nSPS) is 25.3. The molecule has 0 radical (unpaired) electrons. The average molecular weight is 356 g/mol. The molecular weight excluding hydrogens is 330 g/mol. The maximum Gasteiger partial charge on any atom is 0.270 e. The zero-order chi connectivity index (χ0) is 17.4. The van der Waals surface area contributed by atoms with E-state index >= 15 is 0 Å². The maximum absolute atomic E-state index is 12.5. The average Bonchev–Trinajstić information content (AvgIpc) is 3.22. The summed E-state index contributed by atoms with van der Waals surface area (Å²) < 4.78 is 0. The van der Waals surface area contributed by atoms with Gasteiger partial charge in [-0.15, -0.1) is 11.3 Å². The second kappa shape index (κ2) is 6.89. The lowest BCUT2D eigenvalue weighted by Gasteiger charge is -2.29. The number of fused-ring (bicyclic) bond motifs is 2. The van der Waals surface area contributed by atoms with Crippen molar-refractivity contribution in [2.75, 3.05) is 0 Å². The standard InChI is InChI=1S/C20H25N3OS/c1-12(2)13-3-5-14(6-4-13)20-23-18(11-25-20)19(24)22-17-9-15-7-8-16(10-17)21-15/h3-6,11-12,15-17,21H,7-10H2,1-2H3,(H,22,24). The van der Waals surface area contributed by atoms with Crippen molar-refractivity contribution in [3.8, 4) is 10.6 Å². The molecule has 1 amide bonds. The third-order valence-electron chi connectivity index (χ3n) is 5.37. The van der Waals surface area contributed by atoms with E-state index in [4.69, 9.17) is 0 Å². The number of nitrogens with zero attached hydrogens (tertiary/aromatic N) is 1. The van der Waals surface area contributed by atoms with Crippen LogP contribution in [0.1, 0.15) is 61.5 Å². The Hall–Kier alpha value is -1.72. The van der Waals surface area contributed by atoms with Gasteiger partial charge in [-0.05, 0) is 37.2 Å². The number of benzene rings is 1. The highest BCUT2D eigenvalue weighted by Gasteiger charge is 2.34. The van der Waals surface area contributed by atoms with Crippen LogP contribution in [0.15, 0.2) is 29.6 Å². The molecule has 2 saturated heterocycles. The molecule has 1 aromatic heterocycles. The first-order valence-electron chi connectivity index (χ1n) is 9.21. The quantitative estimate of drug-likeness (QED) is 0.873. The van der Waals surface area contributed by atoms with Crippen molar-refractivity contribution < 1.29 is 4.79 Å². The summed E-state index contributed by atoms with van der Waals surface area (Å²) in [4.78, 5) is 17.1. The van der Waals surface area contributed by atoms with Crippen molar-refractivity contribution >= 4 is 17.2 Å². The van der Waals surface area contributed by atoms with E-state index in [-0.39, 0.29) is 11.9 Å². The Kier molecular flexibility index (Phi) is 4.61. The summed E-state index contributed by atoms with van der Waals surface area (Å²) in [7, 11) is 0. The number of hydrogen-bond donors (Lipinski definition) is 2. The molecule has 2 bridgehead atoms. The van der Waals surface area contributed by atoms with Gasteiger partial charge >= 0.3 is 0 Å². The molecule has 1 aromatic carbocycles. The SMILES string of the molecule is CC(C)c1ccc(-c2nc(C(=O)NC3CC4CCC(C3)N4)cs2)cc1. The van der Waals surface area contributed by atoms with E-state index in [0.29, 0.717) is 23.7 Å². The number of aromatic nitrogens is 1. The maximum atomic E-state index is 12.5. The molecule has 2 fully saturated rings. The monoisotopic (exact) mass is 355 g/mol. The molecule has 0 spiro atoms. The van der Waals surface area contributed by atoms with Crippen molar-refractivity contribution in [1.82, 2.24) is 15.6 Å². The van der Waals surface area contributed by atoms with Crippen LogP contribution in [0.4, 0.5) is 0 Å². The second-order valence-electron chi connectivity index (χ2n) is 7.59. The Bertz CT molecular complexity index is 741. The zero-order valence-electron chi connectivity index (χ0n) is 14.8. The lowest BCUT2D eigenvalue weighted by Crippen LogP contribution is -2.48. The molecule has 2 unspecified atom stereocenters. The Morgan fingerprint density at radius 1 is 1.20 bits per heavy atom. The summed E-state index contributed by atoms with van der Waals surface area (Å²) in [6.07, 6.45) is 4.56. The number of nitrogens with one attached hydrogen (secondary N) is 2. The number of thiazole rings is 1. The predicted molar refractivity (Wildman–Crippen MR) is 102 cm³/mol. The molecule has 4 nitrogen and oxygen atoms in total. The van der Waals surface area contributed by atoms with Crippen molar-refractivity contribution in [3.63, 3.8) is 0 Å². The number of amides is 1. The number of carbonyl (C=O) groups excluding carboxylic acids is 1. The van der Waals surface area contributed by atoms with Crippen LogP contribution in [0.5, 0.6) is 0 Å². The Morgan fingerprint density at radius 3 is 2.52 bits per heavy atom. The van der Waals surface area contributed by atoms with Gasteiger partial charge in [-0.1, -0.05) is 38.1 Å². The highest BCUT2D eigenvalue weighted by atomic mass is 32.1. The number of rotatable bonds is 4. The summed E-state index contributed by atoms with van der Waals surface area (Å²) in [6, 6.07) is 9.92. The van der Waals surface area contributed by atoms with Gasteiger partial charge in [0.25, 0.3) is 5.91 Å². The van der Waals surface area contributed by atoms with Crippen molar-refractivity contribution in [1.29, 1.82) is 0 Å². The van der Waals surface area contributed by atoms with E-state index in [0.717, 1.165) is 23.4 Å². The lowest BCUT2D eigenvalue weighted by atomic mass is 10.00. The van der Waals surface area contributed by atoms with E-state index < -0.39 is 0 Å². The summed E-state index contributed by atoms with van der Waals surface area (Å²) >= 11 is 1.54. The highest BCUT2D eigenvalue weighted by Crippen LogP contribution is 2.28.